The molecule has 0 aliphatic carbocycles. The van der Waals surface area contributed by atoms with Gasteiger partial charge in [0.2, 0.25) is 0 Å². The van der Waals surface area contributed by atoms with E-state index < -0.39 is 0 Å². The summed E-state index contributed by atoms with van der Waals surface area (Å²) in [6, 6.07) is 14.3. The Balaban J connectivity index is 1.66. The van der Waals surface area contributed by atoms with Gasteiger partial charge in [0.25, 0.3) is 11.8 Å². The number of methoxy groups -OCH3 is 1. The maximum atomic E-state index is 12.1. The summed E-state index contributed by atoms with van der Waals surface area (Å²) in [5.74, 6) is 0.894. The first-order valence-corrected chi connectivity index (χ1v) is 9.25. The van der Waals surface area contributed by atoms with Crippen molar-refractivity contribution < 1.29 is 24.0 Å². The zero-order valence-corrected chi connectivity index (χ0v) is 16.7. The number of carbonyl (C=O) groups is 2. The van der Waals surface area contributed by atoms with E-state index in [2.05, 4.69) is 10.6 Å². The molecule has 0 saturated carbocycles. The second-order valence-electron chi connectivity index (χ2n) is 6.19. The molecule has 2 aromatic carbocycles. The van der Waals surface area contributed by atoms with Crippen LogP contribution in [0.3, 0.4) is 0 Å². The molecule has 1 atom stereocenters. The Morgan fingerprint density at radius 3 is 2.36 bits per heavy atom. The van der Waals surface area contributed by atoms with Crippen molar-refractivity contribution >= 4 is 29.1 Å². The molecule has 2 amide bonds. The number of likely N-dealkylation sites (N-methyl/N-ethyl adjacent to an activating group) is 1. The van der Waals surface area contributed by atoms with Crippen LogP contribution in [0.2, 0.25) is 5.02 Å². The molecule has 8 heteroatoms. The van der Waals surface area contributed by atoms with Crippen LogP contribution in [-0.4, -0.2) is 52.2 Å². The van der Waals surface area contributed by atoms with Gasteiger partial charge in [-0.15, -0.1) is 0 Å². The Hall–Kier alpha value is -2.77. The van der Waals surface area contributed by atoms with E-state index in [1.54, 1.807) is 50.6 Å². The minimum Gasteiger partial charge on any atom is -0.493 e. The number of hydrogen-bond acceptors (Lipinski definition) is 4. The Morgan fingerprint density at radius 1 is 1.00 bits per heavy atom. The smallest absolute Gasteiger partial charge is 0.279 e. The molecular formula is C20H25ClN3O4+. The lowest BCUT2D eigenvalue weighted by Gasteiger charge is -2.14. The third-order valence-electron chi connectivity index (χ3n) is 3.82. The van der Waals surface area contributed by atoms with Gasteiger partial charge >= 0.3 is 0 Å². The lowest BCUT2D eigenvalue weighted by atomic mass is 10.3. The van der Waals surface area contributed by atoms with E-state index in [1.807, 2.05) is 12.1 Å². The number of ether oxygens (including phenoxy) is 2. The van der Waals surface area contributed by atoms with Gasteiger partial charge in [0.05, 0.1) is 31.4 Å². The summed E-state index contributed by atoms with van der Waals surface area (Å²) in [6.07, 6.45) is 0. The van der Waals surface area contributed by atoms with E-state index in [-0.39, 0.29) is 24.9 Å². The molecule has 0 saturated heterocycles. The van der Waals surface area contributed by atoms with Gasteiger partial charge in [0.1, 0.15) is 6.61 Å². The van der Waals surface area contributed by atoms with Crippen molar-refractivity contribution in [2.24, 2.45) is 0 Å². The van der Waals surface area contributed by atoms with Gasteiger partial charge in [-0.3, -0.25) is 9.59 Å². The molecule has 3 N–H and O–H groups in total. The molecule has 0 heterocycles. The van der Waals surface area contributed by atoms with Crippen LogP contribution in [0.5, 0.6) is 11.5 Å². The van der Waals surface area contributed by atoms with Crippen molar-refractivity contribution in [3.05, 3.63) is 53.6 Å². The first-order valence-electron chi connectivity index (χ1n) is 8.87. The van der Waals surface area contributed by atoms with E-state index in [0.29, 0.717) is 35.4 Å². The molecule has 150 valence electrons. The van der Waals surface area contributed by atoms with Crippen LogP contribution < -0.4 is 25.0 Å². The number of quaternary nitrogens is 1. The van der Waals surface area contributed by atoms with E-state index in [9.17, 15) is 9.59 Å². The highest BCUT2D eigenvalue weighted by Crippen LogP contribution is 2.25. The molecule has 1 unspecified atom stereocenters. The van der Waals surface area contributed by atoms with Crippen molar-refractivity contribution in [1.82, 2.24) is 5.32 Å². The molecule has 28 heavy (non-hydrogen) atoms. The Bertz CT molecular complexity index is 801. The lowest BCUT2D eigenvalue weighted by molar-refractivity contribution is -0.862. The predicted octanol–water partition coefficient (Wildman–Crippen LogP) is 0.997. The monoisotopic (exact) mass is 406 g/mol. The first kappa shape index (κ1) is 21.5. The topological polar surface area (TPSA) is 81.1 Å². The number of hydrogen-bond donors (Lipinski definition) is 3. The van der Waals surface area contributed by atoms with E-state index in [4.69, 9.17) is 21.1 Å². The average Bonchev–Trinajstić information content (AvgIpc) is 2.67. The third-order valence-corrected chi connectivity index (χ3v) is 4.15. The molecule has 0 bridgehead atoms. The van der Waals surface area contributed by atoms with Crippen molar-refractivity contribution in [3.8, 4) is 11.5 Å². The number of rotatable bonds is 10. The standard InChI is InChI=1S/C20H24ClN3O4/c1-24(14-20(26)23-16-8-4-3-7-15(16)21)13-19(25)22-11-12-28-18-10-6-5-9-17(18)27-2/h3-10H,11-14H2,1-2H3,(H,22,25)(H,23,26)/p+1. The van der Waals surface area contributed by atoms with Crippen LogP contribution in [-0.2, 0) is 9.59 Å². The maximum Gasteiger partial charge on any atom is 0.279 e. The number of carbonyl (C=O) groups excluding carboxylic acids is 2. The minimum absolute atomic E-state index is 0.149. The zero-order valence-electron chi connectivity index (χ0n) is 16.0. The molecule has 7 nitrogen and oxygen atoms in total. The van der Waals surface area contributed by atoms with Crippen LogP contribution in [0.1, 0.15) is 0 Å². The highest BCUT2D eigenvalue weighted by atomic mass is 35.5. The molecule has 2 rings (SSSR count). The van der Waals surface area contributed by atoms with E-state index in [1.165, 1.54) is 0 Å². The van der Waals surface area contributed by atoms with E-state index in [0.717, 1.165) is 4.90 Å². The summed E-state index contributed by atoms with van der Waals surface area (Å²) >= 11 is 6.02. The first-order chi connectivity index (χ1) is 13.5. The van der Waals surface area contributed by atoms with Crippen molar-refractivity contribution in [2.75, 3.05) is 45.7 Å². The number of benzene rings is 2. The van der Waals surface area contributed by atoms with Gasteiger partial charge in [-0.05, 0) is 24.3 Å². The minimum atomic E-state index is -0.210. The quantitative estimate of drug-likeness (QED) is 0.514. The van der Waals surface area contributed by atoms with Crippen molar-refractivity contribution in [1.29, 1.82) is 0 Å². The summed E-state index contributed by atoms with van der Waals surface area (Å²) < 4.78 is 10.8. The molecule has 0 aromatic heterocycles. The fraction of sp³-hybridized carbons (Fsp3) is 0.300. The summed E-state index contributed by atoms with van der Waals surface area (Å²) in [5.41, 5.74) is 0.555. The molecular weight excluding hydrogens is 382 g/mol. The largest absolute Gasteiger partial charge is 0.493 e. The molecule has 0 spiro atoms. The molecule has 0 fully saturated rings. The second-order valence-corrected chi connectivity index (χ2v) is 6.60. The highest BCUT2D eigenvalue weighted by Gasteiger charge is 2.15. The van der Waals surface area contributed by atoms with Gasteiger partial charge in [-0.25, -0.2) is 0 Å². The maximum absolute atomic E-state index is 12.1. The summed E-state index contributed by atoms with van der Waals surface area (Å²) in [7, 11) is 3.35. The van der Waals surface area contributed by atoms with Crippen LogP contribution in [0, 0.1) is 0 Å². The number of amides is 2. The summed E-state index contributed by atoms with van der Waals surface area (Å²) in [6.45, 7) is 0.995. The SMILES string of the molecule is COc1ccccc1OCCNC(=O)C[NH+](C)CC(=O)Nc1ccccc1Cl. The summed E-state index contributed by atoms with van der Waals surface area (Å²) in [5, 5.41) is 5.99. The Morgan fingerprint density at radius 2 is 1.64 bits per heavy atom. The number of nitrogens with one attached hydrogen (secondary N) is 3. The van der Waals surface area contributed by atoms with Gasteiger partial charge in [0, 0.05) is 0 Å². The molecule has 0 radical (unpaired) electrons. The average molecular weight is 407 g/mol. The zero-order chi connectivity index (χ0) is 20.4. The van der Waals surface area contributed by atoms with E-state index >= 15 is 0 Å². The second kappa shape index (κ2) is 11.2. The molecule has 0 aliphatic heterocycles. The Labute approximate surface area is 169 Å². The van der Waals surface area contributed by atoms with Crippen LogP contribution in [0.4, 0.5) is 5.69 Å². The van der Waals surface area contributed by atoms with Crippen LogP contribution in [0.15, 0.2) is 48.5 Å². The number of halogens is 1. The number of anilines is 1. The fourth-order valence-corrected chi connectivity index (χ4v) is 2.70. The Kier molecular flexibility index (Phi) is 8.58. The van der Waals surface area contributed by atoms with Crippen molar-refractivity contribution in [3.63, 3.8) is 0 Å². The summed E-state index contributed by atoms with van der Waals surface area (Å²) in [4.78, 5) is 24.9. The van der Waals surface area contributed by atoms with Gasteiger partial charge in [-0.1, -0.05) is 35.9 Å². The van der Waals surface area contributed by atoms with Gasteiger partial charge in [0.15, 0.2) is 24.6 Å². The normalized spacial score (nSPS) is 11.4. The van der Waals surface area contributed by atoms with Crippen LogP contribution in [0.25, 0.3) is 0 Å². The molecule has 2 aromatic rings. The third kappa shape index (κ3) is 7.09. The predicted molar refractivity (Wildman–Crippen MR) is 108 cm³/mol. The van der Waals surface area contributed by atoms with Gasteiger partial charge in [-0.2, -0.15) is 0 Å². The number of para-hydroxylation sites is 3. The highest BCUT2D eigenvalue weighted by molar-refractivity contribution is 6.33. The van der Waals surface area contributed by atoms with Crippen molar-refractivity contribution in [2.45, 2.75) is 0 Å². The molecule has 0 aliphatic rings. The van der Waals surface area contributed by atoms with Crippen LogP contribution >= 0.6 is 11.6 Å². The lowest BCUT2D eigenvalue weighted by Crippen LogP contribution is -3.11. The fourth-order valence-electron chi connectivity index (χ4n) is 2.52. The van der Waals surface area contributed by atoms with Gasteiger partial charge < -0.3 is 25.0 Å².